The molecule has 10 nitrogen and oxygen atoms in total. The highest BCUT2D eigenvalue weighted by Crippen LogP contribution is 2.30. The maximum atomic E-state index is 13.4. The van der Waals surface area contributed by atoms with Crippen molar-refractivity contribution in [1.82, 2.24) is 9.55 Å². The van der Waals surface area contributed by atoms with Gasteiger partial charge in [0.15, 0.2) is 12.3 Å². The fraction of sp³-hybridized carbons (Fsp3) is 0.538. The van der Waals surface area contributed by atoms with Crippen molar-refractivity contribution in [2.24, 2.45) is 0 Å². The number of hydrogen-bond acceptors (Lipinski definition) is 8. The summed E-state index contributed by atoms with van der Waals surface area (Å²) in [7, 11) is 0. The second kappa shape index (κ2) is 6.93. The fourth-order valence-corrected chi connectivity index (χ4v) is 2.27. The van der Waals surface area contributed by atoms with Crippen LogP contribution in [0.15, 0.2) is 15.8 Å². The lowest BCUT2D eigenvalue weighted by Crippen LogP contribution is -2.40. The van der Waals surface area contributed by atoms with Crippen LogP contribution in [0.3, 0.4) is 0 Å². The Morgan fingerprint density at radius 1 is 1.38 bits per heavy atom. The summed E-state index contributed by atoms with van der Waals surface area (Å²) >= 11 is 0. The molecule has 2 heterocycles. The molecule has 1 aliphatic heterocycles. The highest BCUT2D eigenvalue weighted by Gasteiger charge is 2.47. The van der Waals surface area contributed by atoms with E-state index in [-0.39, 0.29) is 6.61 Å². The molecule has 2 N–H and O–H groups in total. The number of carbonyl (C=O) groups excluding carboxylic acids is 2. The van der Waals surface area contributed by atoms with Crippen molar-refractivity contribution in [3.05, 3.63) is 32.9 Å². The summed E-state index contributed by atoms with van der Waals surface area (Å²) in [5, 5.41) is 10.3. The summed E-state index contributed by atoms with van der Waals surface area (Å²) in [6, 6.07) is 0. The van der Waals surface area contributed by atoms with E-state index in [1.807, 2.05) is 0 Å². The topological polar surface area (TPSA) is 137 Å². The summed E-state index contributed by atoms with van der Waals surface area (Å²) in [6.45, 7) is 1.88. The van der Waals surface area contributed by atoms with Crippen LogP contribution >= 0.6 is 0 Å². The molecule has 2 rings (SSSR count). The normalized spacial score (nSPS) is 26.2. The Morgan fingerprint density at radius 3 is 2.62 bits per heavy atom. The lowest BCUT2D eigenvalue weighted by molar-refractivity contribution is -0.157. The number of aliphatic hydroxyl groups excluding tert-OH is 1. The average Bonchev–Trinajstić information content (AvgIpc) is 2.77. The molecule has 1 aromatic heterocycles. The number of aliphatic hydroxyl groups is 1. The first kappa shape index (κ1) is 17.8. The molecule has 2 unspecified atom stereocenters. The van der Waals surface area contributed by atoms with Gasteiger partial charge in [0.25, 0.3) is 5.56 Å². The van der Waals surface area contributed by atoms with E-state index >= 15 is 0 Å². The third kappa shape index (κ3) is 3.68. The Kier molecular flexibility index (Phi) is 5.14. The third-order valence-corrected chi connectivity index (χ3v) is 3.26. The average molecular weight is 346 g/mol. The van der Waals surface area contributed by atoms with Gasteiger partial charge in [-0.2, -0.15) is 4.39 Å². The molecular weight excluding hydrogens is 331 g/mol. The van der Waals surface area contributed by atoms with Gasteiger partial charge in [-0.25, -0.2) is 4.79 Å². The molecule has 1 fully saturated rings. The highest BCUT2D eigenvalue weighted by atomic mass is 19.1. The molecule has 0 bridgehead atoms. The minimum absolute atomic E-state index is 0.360. The van der Waals surface area contributed by atoms with E-state index in [1.165, 1.54) is 0 Å². The minimum atomic E-state index is -1.56. The maximum absolute atomic E-state index is 13.4. The third-order valence-electron chi connectivity index (χ3n) is 3.26. The monoisotopic (exact) mass is 346 g/mol. The van der Waals surface area contributed by atoms with Crippen LogP contribution in [0.1, 0.15) is 20.1 Å². The van der Waals surface area contributed by atoms with Gasteiger partial charge in [0.1, 0.15) is 18.8 Å². The van der Waals surface area contributed by atoms with E-state index in [4.69, 9.17) is 14.2 Å². The van der Waals surface area contributed by atoms with Crippen LogP contribution < -0.4 is 11.2 Å². The van der Waals surface area contributed by atoms with Gasteiger partial charge in [-0.15, -0.1) is 0 Å². The van der Waals surface area contributed by atoms with Gasteiger partial charge in [0.2, 0.25) is 5.82 Å². The molecule has 11 heteroatoms. The number of nitrogens with one attached hydrogen (secondary N) is 1. The number of aromatic nitrogens is 2. The van der Waals surface area contributed by atoms with Crippen LogP contribution in [0.4, 0.5) is 4.39 Å². The van der Waals surface area contributed by atoms with E-state index in [0.717, 1.165) is 13.8 Å². The molecule has 24 heavy (non-hydrogen) atoms. The number of ether oxygens (including phenoxy) is 3. The lowest BCUT2D eigenvalue weighted by Gasteiger charge is -2.19. The van der Waals surface area contributed by atoms with Crippen LogP contribution in [0.2, 0.25) is 0 Å². The predicted octanol–water partition coefficient (Wildman–Crippen LogP) is -1.57. The summed E-state index contributed by atoms with van der Waals surface area (Å²) in [6.07, 6.45) is -4.78. The van der Waals surface area contributed by atoms with E-state index in [1.54, 1.807) is 4.98 Å². The van der Waals surface area contributed by atoms with Crippen molar-refractivity contribution in [3.8, 4) is 0 Å². The molecule has 1 aliphatic rings. The van der Waals surface area contributed by atoms with Crippen molar-refractivity contribution in [2.75, 3.05) is 6.61 Å². The number of H-pyrrole nitrogens is 1. The van der Waals surface area contributed by atoms with Gasteiger partial charge in [0.05, 0.1) is 6.20 Å². The molecule has 0 aliphatic carbocycles. The maximum Gasteiger partial charge on any atom is 0.330 e. The zero-order valence-corrected chi connectivity index (χ0v) is 12.7. The molecule has 0 spiro atoms. The van der Waals surface area contributed by atoms with Gasteiger partial charge in [0, 0.05) is 13.8 Å². The van der Waals surface area contributed by atoms with Gasteiger partial charge in [-0.05, 0) is 0 Å². The van der Waals surface area contributed by atoms with E-state index in [0.29, 0.717) is 10.8 Å². The fourth-order valence-electron chi connectivity index (χ4n) is 2.27. The second-order valence-electron chi connectivity index (χ2n) is 5.08. The molecule has 1 aromatic rings. The quantitative estimate of drug-likeness (QED) is 0.624. The molecule has 1 saturated heterocycles. The second-order valence-corrected chi connectivity index (χ2v) is 5.08. The standard InChI is InChI=1S/C13H15FN2O8/c1-5(17)22-4-8-10(23-6(2)18)9(19)12(24-8)16-3-7(14)11(20)15-13(16)21/h3,8-10,12,19H,4H2,1-2H3,(H,15,20,21)/t8-,9?,10?,12-/m0/s1. The zero-order valence-electron chi connectivity index (χ0n) is 12.7. The zero-order chi connectivity index (χ0) is 18.0. The Morgan fingerprint density at radius 2 is 2.04 bits per heavy atom. The molecule has 0 radical (unpaired) electrons. The van der Waals surface area contributed by atoms with Gasteiger partial charge >= 0.3 is 17.6 Å². The van der Waals surface area contributed by atoms with E-state index in [2.05, 4.69) is 0 Å². The van der Waals surface area contributed by atoms with Crippen molar-refractivity contribution >= 4 is 11.9 Å². The van der Waals surface area contributed by atoms with Crippen molar-refractivity contribution in [2.45, 2.75) is 38.4 Å². The van der Waals surface area contributed by atoms with Gasteiger partial charge in [-0.3, -0.25) is 23.9 Å². The SMILES string of the molecule is CC(=O)OC[C@@H]1O[C@H](n2cc(F)c(=O)[nH]c2=O)C(O)C1OC(C)=O. The Labute approximate surface area is 133 Å². The van der Waals surface area contributed by atoms with Crippen molar-refractivity contribution in [1.29, 1.82) is 0 Å². The molecule has 132 valence electrons. The van der Waals surface area contributed by atoms with E-state index in [9.17, 15) is 28.7 Å². The number of esters is 2. The minimum Gasteiger partial charge on any atom is -0.463 e. The Balaban J connectivity index is 2.33. The van der Waals surface area contributed by atoms with Crippen LogP contribution in [0.25, 0.3) is 0 Å². The molecular formula is C13H15FN2O8. The summed E-state index contributed by atoms with van der Waals surface area (Å²) in [5.41, 5.74) is -2.25. The van der Waals surface area contributed by atoms with E-state index < -0.39 is 53.5 Å². The first-order chi connectivity index (χ1) is 11.2. The number of nitrogens with zero attached hydrogens (tertiary/aromatic N) is 1. The molecule has 4 atom stereocenters. The van der Waals surface area contributed by atoms with Crippen LogP contribution in [-0.2, 0) is 23.8 Å². The predicted molar refractivity (Wildman–Crippen MR) is 73.4 cm³/mol. The smallest absolute Gasteiger partial charge is 0.330 e. The summed E-state index contributed by atoms with van der Waals surface area (Å²) < 4.78 is 29.1. The Bertz CT molecular complexity index is 757. The first-order valence-electron chi connectivity index (χ1n) is 6.85. The van der Waals surface area contributed by atoms with Crippen LogP contribution in [-0.4, -0.2) is 51.5 Å². The van der Waals surface area contributed by atoms with Crippen molar-refractivity contribution in [3.63, 3.8) is 0 Å². The van der Waals surface area contributed by atoms with Crippen molar-refractivity contribution < 1.29 is 33.3 Å². The van der Waals surface area contributed by atoms with Crippen LogP contribution in [0.5, 0.6) is 0 Å². The molecule has 0 aromatic carbocycles. The Hall–Kier alpha value is -2.53. The number of hydrogen-bond donors (Lipinski definition) is 2. The number of halogens is 1. The number of aromatic amines is 1. The number of carbonyl (C=O) groups is 2. The van der Waals surface area contributed by atoms with Crippen LogP contribution in [0, 0.1) is 5.82 Å². The largest absolute Gasteiger partial charge is 0.463 e. The summed E-state index contributed by atoms with van der Waals surface area (Å²) in [5.74, 6) is -2.64. The molecule has 0 saturated carbocycles. The first-order valence-corrected chi connectivity index (χ1v) is 6.85. The number of rotatable bonds is 4. The highest BCUT2D eigenvalue weighted by molar-refractivity contribution is 5.66. The van der Waals surface area contributed by atoms with Gasteiger partial charge < -0.3 is 19.3 Å². The van der Waals surface area contributed by atoms with Gasteiger partial charge in [-0.1, -0.05) is 0 Å². The molecule has 0 amide bonds. The lowest BCUT2D eigenvalue weighted by atomic mass is 10.1. The summed E-state index contributed by atoms with van der Waals surface area (Å²) in [4.78, 5) is 46.6.